The molecule has 33 heavy (non-hydrogen) atoms. The van der Waals surface area contributed by atoms with Crippen molar-refractivity contribution in [1.82, 2.24) is 0 Å². The number of halogens is 6. The van der Waals surface area contributed by atoms with E-state index in [9.17, 15) is 31.1 Å². The normalized spacial score (nSPS) is 19.1. The topological polar surface area (TPSA) is 26.3 Å². The molecule has 2 nitrogen and oxygen atoms in total. The summed E-state index contributed by atoms with van der Waals surface area (Å²) in [4.78, 5) is 12.3. The van der Waals surface area contributed by atoms with Crippen molar-refractivity contribution < 1.29 is 35.9 Å². The molecule has 0 heterocycles. The zero-order valence-corrected chi connectivity index (χ0v) is 18.0. The largest absolute Gasteiger partial charge is 0.423 e. The van der Waals surface area contributed by atoms with Crippen molar-refractivity contribution in [3.8, 4) is 5.75 Å². The Labute approximate surface area is 188 Å². The minimum absolute atomic E-state index is 0.207. The van der Waals surface area contributed by atoms with Gasteiger partial charge in [-0.2, -0.15) is 13.2 Å². The zero-order valence-electron chi connectivity index (χ0n) is 18.0. The molecule has 1 aliphatic rings. The molecule has 0 spiro atoms. The lowest BCUT2D eigenvalue weighted by atomic mass is 9.77. The zero-order chi connectivity index (χ0) is 24.2. The third-order valence-electron chi connectivity index (χ3n) is 5.93. The first-order chi connectivity index (χ1) is 15.6. The number of hydrogen-bond donors (Lipinski definition) is 0. The molecule has 0 saturated heterocycles. The van der Waals surface area contributed by atoms with Crippen LogP contribution >= 0.6 is 0 Å². The van der Waals surface area contributed by atoms with E-state index in [1.54, 1.807) is 6.07 Å². The van der Waals surface area contributed by atoms with Gasteiger partial charge in [-0.25, -0.2) is 18.0 Å². The summed E-state index contributed by atoms with van der Waals surface area (Å²) >= 11 is 0. The Morgan fingerprint density at radius 3 is 2.18 bits per heavy atom. The van der Waals surface area contributed by atoms with Crippen LogP contribution in [-0.2, 0) is 0 Å². The van der Waals surface area contributed by atoms with Gasteiger partial charge >= 0.3 is 12.1 Å². The van der Waals surface area contributed by atoms with E-state index in [0.29, 0.717) is 18.1 Å². The van der Waals surface area contributed by atoms with E-state index in [2.05, 4.69) is 6.92 Å². The van der Waals surface area contributed by atoms with Crippen molar-refractivity contribution in [2.24, 2.45) is 5.92 Å². The van der Waals surface area contributed by atoms with Gasteiger partial charge < -0.3 is 4.74 Å². The third kappa shape index (κ3) is 6.62. The van der Waals surface area contributed by atoms with Crippen molar-refractivity contribution in [2.45, 2.75) is 57.5 Å². The van der Waals surface area contributed by atoms with E-state index >= 15 is 0 Å². The maximum absolute atomic E-state index is 14.6. The number of esters is 1. The van der Waals surface area contributed by atoms with Gasteiger partial charge in [-0.05, 0) is 61.3 Å². The first-order valence-corrected chi connectivity index (χ1v) is 10.8. The van der Waals surface area contributed by atoms with Gasteiger partial charge in [-0.1, -0.05) is 25.8 Å². The highest BCUT2D eigenvalue weighted by Crippen LogP contribution is 2.38. The van der Waals surface area contributed by atoms with Crippen molar-refractivity contribution in [3.63, 3.8) is 0 Å². The van der Waals surface area contributed by atoms with Crippen LogP contribution in [0.1, 0.15) is 72.9 Å². The molecule has 0 unspecified atom stereocenters. The third-order valence-corrected chi connectivity index (χ3v) is 5.93. The van der Waals surface area contributed by atoms with Crippen LogP contribution in [0.2, 0.25) is 0 Å². The Kier molecular flexibility index (Phi) is 7.87. The number of rotatable bonds is 6. The average Bonchev–Trinajstić information content (AvgIpc) is 2.73. The van der Waals surface area contributed by atoms with Crippen molar-refractivity contribution in [1.29, 1.82) is 0 Å². The summed E-state index contributed by atoms with van der Waals surface area (Å²) in [6.45, 7) is 2.15. The molecule has 0 amide bonds. The molecule has 0 atom stereocenters. The van der Waals surface area contributed by atoms with Crippen molar-refractivity contribution in [2.75, 3.05) is 0 Å². The number of ether oxygens (including phenoxy) is 1. The van der Waals surface area contributed by atoms with Gasteiger partial charge in [-0.15, -0.1) is 0 Å². The molecule has 0 radical (unpaired) electrons. The first-order valence-electron chi connectivity index (χ1n) is 10.8. The Bertz CT molecular complexity index is 997. The molecular formula is C25H24F6O2. The van der Waals surface area contributed by atoms with Crippen LogP contribution in [0.4, 0.5) is 26.3 Å². The quantitative estimate of drug-likeness (QED) is 0.243. The molecule has 0 N–H and O–H groups in total. The predicted octanol–water partition coefficient (Wildman–Crippen LogP) is 7.97. The highest BCUT2D eigenvalue weighted by atomic mass is 19.4. The van der Waals surface area contributed by atoms with Gasteiger partial charge in [0, 0.05) is 23.8 Å². The summed E-state index contributed by atoms with van der Waals surface area (Å²) in [6, 6.07) is 5.35. The maximum Gasteiger partial charge on any atom is 0.409 e. The van der Waals surface area contributed by atoms with Gasteiger partial charge in [-0.3, -0.25) is 0 Å². The number of allylic oxidation sites excluding steroid dienone is 1. The molecule has 0 aliphatic heterocycles. The summed E-state index contributed by atoms with van der Waals surface area (Å²) in [5.41, 5.74) is -0.548. The number of benzene rings is 2. The monoisotopic (exact) mass is 470 g/mol. The van der Waals surface area contributed by atoms with Crippen LogP contribution in [0.15, 0.2) is 36.4 Å². The fourth-order valence-electron chi connectivity index (χ4n) is 4.26. The van der Waals surface area contributed by atoms with Crippen molar-refractivity contribution >= 4 is 12.0 Å². The Morgan fingerprint density at radius 1 is 1.00 bits per heavy atom. The summed E-state index contributed by atoms with van der Waals surface area (Å²) in [7, 11) is 0. The molecule has 1 fully saturated rings. The molecule has 178 valence electrons. The number of hydrogen-bond acceptors (Lipinski definition) is 2. The van der Waals surface area contributed by atoms with Crippen LogP contribution in [0.5, 0.6) is 5.75 Å². The fourth-order valence-corrected chi connectivity index (χ4v) is 4.26. The van der Waals surface area contributed by atoms with Crippen LogP contribution in [0, 0.1) is 23.4 Å². The SMILES string of the molecule is CCCC1CCC(c2ccc(C(=O)Oc3cc(F)c(C=CC(F)(F)F)c(F)c3)c(F)c2)CC1. The smallest absolute Gasteiger partial charge is 0.409 e. The summed E-state index contributed by atoms with van der Waals surface area (Å²) in [5, 5.41) is 0. The molecular weight excluding hydrogens is 446 g/mol. The average molecular weight is 470 g/mol. The van der Waals surface area contributed by atoms with E-state index in [0.717, 1.165) is 37.7 Å². The molecule has 1 saturated carbocycles. The number of alkyl halides is 3. The predicted molar refractivity (Wildman–Crippen MR) is 112 cm³/mol. The lowest BCUT2D eigenvalue weighted by molar-refractivity contribution is -0.0790. The summed E-state index contributed by atoms with van der Waals surface area (Å²) < 4.78 is 84.3. The van der Waals surface area contributed by atoms with Crippen LogP contribution in [0.3, 0.4) is 0 Å². The summed E-state index contributed by atoms with van der Waals surface area (Å²) in [5.74, 6) is -4.36. The minimum atomic E-state index is -4.75. The molecule has 0 bridgehead atoms. The van der Waals surface area contributed by atoms with E-state index in [1.165, 1.54) is 18.6 Å². The molecule has 3 rings (SSSR count). The maximum atomic E-state index is 14.6. The second-order valence-electron chi connectivity index (χ2n) is 8.31. The Balaban J connectivity index is 1.70. The fraction of sp³-hybridized carbons (Fsp3) is 0.400. The van der Waals surface area contributed by atoms with Gasteiger partial charge in [0.1, 0.15) is 23.2 Å². The van der Waals surface area contributed by atoms with E-state index in [4.69, 9.17) is 4.74 Å². The van der Waals surface area contributed by atoms with E-state index in [1.807, 2.05) is 0 Å². The first kappa shape index (κ1) is 24.9. The molecule has 0 aromatic heterocycles. The second kappa shape index (κ2) is 10.4. The molecule has 1 aliphatic carbocycles. The lowest BCUT2D eigenvalue weighted by Crippen LogP contribution is -2.15. The summed E-state index contributed by atoms with van der Waals surface area (Å²) in [6.07, 6.45) is 1.56. The van der Waals surface area contributed by atoms with E-state index < -0.39 is 46.5 Å². The van der Waals surface area contributed by atoms with Crippen molar-refractivity contribution in [3.05, 3.63) is 70.5 Å². The van der Waals surface area contributed by atoms with Crippen LogP contribution in [0.25, 0.3) is 6.08 Å². The van der Waals surface area contributed by atoms with Gasteiger partial charge in [0.15, 0.2) is 0 Å². The van der Waals surface area contributed by atoms with Crippen LogP contribution in [-0.4, -0.2) is 12.1 Å². The van der Waals surface area contributed by atoms with Gasteiger partial charge in [0.2, 0.25) is 0 Å². The number of carbonyl (C=O) groups excluding carboxylic acids is 1. The molecule has 8 heteroatoms. The van der Waals surface area contributed by atoms with Crippen LogP contribution < -0.4 is 4.74 Å². The van der Waals surface area contributed by atoms with Gasteiger partial charge in [0.25, 0.3) is 0 Å². The molecule has 2 aromatic carbocycles. The van der Waals surface area contributed by atoms with E-state index in [-0.39, 0.29) is 18.1 Å². The highest BCUT2D eigenvalue weighted by molar-refractivity contribution is 5.91. The Hall–Kier alpha value is -2.77. The standard InChI is InChI=1S/C25H24F6O2/c1-2-3-15-4-6-16(7-5-15)17-8-9-20(21(26)12-17)24(32)33-18-13-22(27)19(23(28)14-18)10-11-25(29,30)31/h8-16H,2-7H2,1H3. The van der Waals surface area contributed by atoms with Gasteiger partial charge in [0.05, 0.1) is 5.56 Å². The second-order valence-corrected chi connectivity index (χ2v) is 8.31. The minimum Gasteiger partial charge on any atom is -0.423 e. The lowest BCUT2D eigenvalue weighted by Gasteiger charge is -2.28. The highest BCUT2D eigenvalue weighted by Gasteiger charge is 2.25. The number of carbonyl (C=O) groups is 1. The Morgan fingerprint density at radius 2 is 1.64 bits per heavy atom. The molecule has 2 aromatic rings.